The van der Waals surface area contributed by atoms with Crippen LogP contribution in [-0.4, -0.2) is 12.6 Å². The minimum Gasteiger partial charge on any atom is -0.146 e. The summed E-state index contributed by atoms with van der Waals surface area (Å²) in [6, 6.07) is 1.06. The van der Waals surface area contributed by atoms with Crippen LogP contribution >= 0.6 is 33.8 Å². The molecule has 0 aliphatic rings. The van der Waals surface area contributed by atoms with Crippen LogP contribution in [0, 0.1) is 0 Å². The van der Waals surface area contributed by atoms with Gasteiger partial charge in [-0.05, 0) is 19.0 Å². The lowest BCUT2D eigenvalue weighted by molar-refractivity contribution is 0.514. The predicted octanol–water partition coefficient (Wildman–Crippen LogP) is 13.7. The monoisotopic (exact) mass is 568 g/mol. The molecule has 0 heterocycles. The Morgan fingerprint density at radius 1 is 0.314 bits per heavy atom. The normalized spacial score (nSPS) is 12.0. The first kappa shape index (κ1) is 36.1. The van der Waals surface area contributed by atoms with Crippen LogP contribution < -0.4 is 0 Å². The first-order chi connectivity index (χ1) is 17.1. The van der Waals surface area contributed by atoms with Gasteiger partial charge in [0.15, 0.2) is 0 Å². The minimum atomic E-state index is -1.84. The molecule has 0 aromatic rings. The molecule has 0 atom stereocenters. The summed E-state index contributed by atoms with van der Waals surface area (Å²) in [7, 11) is 0. The van der Waals surface area contributed by atoms with Crippen LogP contribution in [0.1, 0.15) is 180 Å². The molecule has 0 bridgehead atoms. The fraction of sp³-hybridized carbons (Fsp3) is 1.00. The summed E-state index contributed by atoms with van der Waals surface area (Å²) in [6.45, 7) is 0.200. The molecule has 0 fully saturated rings. The Morgan fingerprint density at radius 3 is 0.657 bits per heavy atom. The standard InChI is InChI=1S/C31H63Cl3Si/c1-35(33,34)31-29-27-25-23-21-19-17-15-13-11-9-7-5-3-2-4-6-8-10-12-14-16-18-20-22-24-26-28-30-32/h2-31H2,1H3. The van der Waals surface area contributed by atoms with E-state index in [0.29, 0.717) is 0 Å². The number of unbranched alkanes of at least 4 members (excludes halogenated alkanes) is 27. The molecule has 0 aromatic heterocycles. The van der Waals surface area contributed by atoms with Crippen molar-refractivity contribution in [1.29, 1.82) is 0 Å². The Morgan fingerprint density at radius 2 is 0.486 bits per heavy atom. The van der Waals surface area contributed by atoms with E-state index in [0.717, 1.165) is 11.9 Å². The molecular formula is C31H63Cl3Si. The molecule has 0 nitrogen and oxygen atoms in total. The first-order valence-corrected chi connectivity index (χ1v) is 21.3. The summed E-state index contributed by atoms with van der Waals surface area (Å²) in [6.07, 6.45) is 39.9. The molecule has 0 spiro atoms. The van der Waals surface area contributed by atoms with Crippen molar-refractivity contribution in [2.24, 2.45) is 0 Å². The lowest BCUT2D eigenvalue weighted by Crippen LogP contribution is -2.11. The Kier molecular flexibility index (Phi) is 30.6. The molecular weight excluding hydrogens is 507 g/mol. The zero-order valence-corrected chi connectivity index (χ0v) is 27.1. The fourth-order valence-corrected chi connectivity index (χ4v) is 6.99. The van der Waals surface area contributed by atoms with Crippen LogP contribution in [0.2, 0.25) is 12.6 Å². The van der Waals surface area contributed by atoms with Gasteiger partial charge in [-0.1, -0.05) is 173 Å². The molecule has 4 heteroatoms. The van der Waals surface area contributed by atoms with Crippen LogP contribution in [-0.2, 0) is 0 Å². The lowest BCUT2D eigenvalue weighted by Gasteiger charge is -2.09. The summed E-state index contributed by atoms with van der Waals surface area (Å²) >= 11 is 18.0. The highest BCUT2D eigenvalue weighted by atomic mass is 35.7. The van der Waals surface area contributed by atoms with Gasteiger partial charge in [0, 0.05) is 5.88 Å². The van der Waals surface area contributed by atoms with Gasteiger partial charge in [0.25, 0.3) is 0 Å². The fourth-order valence-electron chi connectivity index (χ4n) is 5.13. The van der Waals surface area contributed by atoms with Crippen LogP contribution in [0.5, 0.6) is 0 Å². The molecule has 0 rings (SSSR count). The molecule has 0 saturated heterocycles. The smallest absolute Gasteiger partial charge is 0.146 e. The number of hydrogen-bond acceptors (Lipinski definition) is 0. The summed E-state index contributed by atoms with van der Waals surface area (Å²) in [5.41, 5.74) is 0. The number of halogens is 3. The van der Waals surface area contributed by atoms with E-state index in [1.54, 1.807) is 0 Å². The van der Waals surface area contributed by atoms with Gasteiger partial charge in [0.05, 0.1) is 0 Å². The molecule has 0 aliphatic carbocycles. The quantitative estimate of drug-likeness (QED) is 0.0349. The average molecular weight is 570 g/mol. The third-order valence-corrected chi connectivity index (χ3v) is 10.1. The highest BCUT2D eigenvalue weighted by Crippen LogP contribution is 2.23. The van der Waals surface area contributed by atoms with E-state index in [1.165, 1.54) is 180 Å². The summed E-state index contributed by atoms with van der Waals surface area (Å²) in [5.74, 6) is 0.842. The zero-order valence-electron chi connectivity index (χ0n) is 23.8. The van der Waals surface area contributed by atoms with E-state index in [-0.39, 0.29) is 0 Å². The number of alkyl halides is 1. The Balaban J connectivity index is 3.03. The van der Waals surface area contributed by atoms with Crippen molar-refractivity contribution < 1.29 is 0 Å². The Bertz CT molecular complexity index is 384. The second-order valence-corrected chi connectivity index (χ2v) is 20.0. The van der Waals surface area contributed by atoms with Crippen molar-refractivity contribution in [3.63, 3.8) is 0 Å². The second kappa shape index (κ2) is 29.6. The molecule has 0 amide bonds. The highest BCUT2D eigenvalue weighted by Gasteiger charge is 2.19. The third kappa shape index (κ3) is 35.1. The molecule has 0 saturated carbocycles. The van der Waals surface area contributed by atoms with E-state index < -0.39 is 6.69 Å². The van der Waals surface area contributed by atoms with Crippen molar-refractivity contribution in [3.05, 3.63) is 0 Å². The molecule has 35 heavy (non-hydrogen) atoms. The molecule has 0 aromatic carbocycles. The first-order valence-electron chi connectivity index (χ1n) is 16.0. The largest absolute Gasteiger partial charge is 0.248 e. The maximum atomic E-state index is 6.15. The zero-order chi connectivity index (χ0) is 25.7. The van der Waals surface area contributed by atoms with Gasteiger partial charge < -0.3 is 0 Å². The van der Waals surface area contributed by atoms with Crippen LogP contribution in [0.15, 0.2) is 0 Å². The van der Waals surface area contributed by atoms with E-state index in [1.807, 2.05) is 6.55 Å². The van der Waals surface area contributed by atoms with Crippen LogP contribution in [0.4, 0.5) is 0 Å². The number of rotatable bonds is 30. The van der Waals surface area contributed by atoms with Crippen molar-refractivity contribution >= 4 is 40.5 Å². The second-order valence-electron chi connectivity index (χ2n) is 11.4. The summed E-state index contributed by atoms with van der Waals surface area (Å²) in [5, 5.41) is 0. The maximum Gasteiger partial charge on any atom is 0.248 e. The average Bonchev–Trinajstić information content (AvgIpc) is 2.82. The summed E-state index contributed by atoms with van der Waals surface area (Å²) in [4.78, 5) is 0. The lowest BCUT2D eigenvalue weighted by atomic mass is 10.0. The molecule has 0 radical (unpaired) electrons. The molecule has 0 unspecified atom stereocenters. The third-order valence-electron chi connectivity index (χ3n) is 7.50. The van der Waals surface area contributed by atoms with Crippen molar-refractivity contribution in [1.82, 2.24) is 0 Å². The van der Waals surface area contributed by atoms with Crippen LogP contribution in [0.3, 0.4) is 0 Å². The molecule has 212 valence electrons. The van der Waals surface area contributed by atoms with Gasteiger partial charge in [-0.3, -0.25) is 0 Å². The Labute approximate surface area is 237 Å². The van der Waals surface area contributed by atoms with Gasteiger partial charge in [-0.15, -0.1) is 33.8 Å². The maximum absolute atomic E-state index is 6.15. The van der Waals surface area contributed by atoms with Gasteiger partial charge in [0.2, 0.25) is 6.69 Å². The van der Waals surface area contributed by atoms with E-state index in [2.05, 4.69) is 0 Å². The van der Waals surface area contributed by atoms with Gasteiger partial charge >= 0.3 is 0 Å². The minimum absolute atomic E-state index is 0.842. The number of hydrogen-bond donors (Lipinski definition) is 0. The van der Waals surface area contributed by atoms with Crippen LogP contribution in [0.25, 0.3) is 0 Å². The highest BCUT2D eigenvalue weighted by molar-refractivity contribution is 7.44. The van der Waals surface area contributed by atoms with E-state index in [4.69, 9.17) is 33.8 Å². The molecule has 0 aliphatic heterocycles. The van der Waals surface area contributed by atoms with Gasteiger partial charge in [-0.2, -0.15) is 0 Å². The molecule has 0 N–H and O–H groups in total. The topological polar surface area (TPSA) is 0 Å². The van der Waals surface area contributed by atoms with Crippen molar-refractivity contribution in [2.45, 2.75) is 192 Å². The van der Waals surface area contributed by atoms with Crippen molar-refractivity contribution in [2.75, 3.05) is 5.88 Å². The van der Waals surface area contributed by atoms with E-state index in [9.17, 15) is 0 Å². The Hall–Kier alpha value is 1.09. The summed E-state index contributed by atoms with van der Waals surface area (Å²) < 4.78 is 0. The SMILES string of the molecule is C[Si](Cl)(Cl)CCCCCCCCCCCCCCCCCCCCCCCCCCCCCCCl. The van der Waals surface area contributed by atoms with Gasteiger partial charge in [-0.25, -0.2) is 0 Å². The van der Waals surface area contributed by atoms with E-state index >= 15 is 0 Å². The van der Waals surface area contributed by atoms with Crippen molar-refractivity contribution in [3.8, 4) is 0 Å². The predicted molar refractivity (Wildman–Crippen MR) is 168 cm³/mol. The van der Waals surface area contributed by atoms with Gasteiger partial charge in [0.1, 0.15) is 0 Å².